The number of fused-ring (bicyclic) bond motifs is 3. The van der Waals surface area contributed by atoms with Gasteiger partial charge in [-0.1, -0.05) is 56.0 Å². The van der Waals surface area contributed by atoms with Gasteiger partial charge in [0, 0.05) is 32.9 Å². The summed E-state index contributed by atoms with van der Waals surface area (Å²) >= 11 is 1.76. The molecule has 5 rings (SSSR count). The van der Waals surface area contributed by atoms with Gasteiger partial charge in [-0.25, -0.2) is 4.98 Å². The van der Waals surface area contributed by atoms with Crippen molar-refractivity contribution in [2.24, 2.45) is 0 Å². The molecular formula is C26H24N2SSi. The second-order valence-electron chi connectivity index (χ2n) is 8.85. The third kappa shape index (κ3) is 3.36. The van der Waals surface area contributed by atoms with Gasteiger partial charge in [-0.15, -0.1) is 11.3 Å². The highest BCUT2D eigenvalue weighted by Gasteiger charge is 2.22. The lowest BCUT2D eigenvalue weighted by atomic mass is 10.0. The summed E-state index contributed by atoms with van der Waals surface area (Å²) < 4.78 is 1.27. The monoisotopic (exact) mass is 424 g/mol. The van der Waals surface area contributed by atoms with Gasteiger partial charge in [0.2, 0.25) is 0 Å². The lowest BCUT2D eigenvalue weighted by Crippen LogP contribution is -2.39. The van der Waals surface area contributed by atoms with Gasteiger partial charge in [0.1, 0.15) is 4.83 Å². The van der Waals surface area contributed by atoms with Crippen molar-refractivity contribution in [3.63, 3.8) is 0 Å². The normalized spacial score (nSPS) is 12.0. The minimum atomic E-state index is -1.53. The maximum atomic E-state index is 4.91. The van der Waals surface area contributed by atoms with Gasteiger partial charge in [0.05, 0.1) is 13.8 Å². The number of hydrogen-bond acceptors (Lipinski definition) is 3. The summed E-state index contributed by atoms with van der Waals surface area (Å²) in [5.74, 6) is 0. The van der Waals surface area contributed by atoms with E-state index in [1.807, 2.05) is 6.92 Å². The fourth-order valence-corrected chi connectivity index (χ4v) is 6.55. The Morgan fingerprint density at radius 3 is 2.37 bits per heavy atom. The third-order valence-corrected chi connectivity index (χ3v) is 8.66. The summed E-state index contributed by atoms with van der Waals surface area (Å²) in [5, 5.41) is 3.89. The van der Waals surface area contributed by atoms with Crippen LogP contribution < -0.4 is 5.19 Å². The molecule has 2 aromatic carbocycles. The molecule has 0 unspecified atom stereocenters. The lowest BCUT2D eigenvalue weighted by molar-refractivity contribution is 1.27. The molecule has 0 saturated carbocycles. The second kappa shape index (κ2) is 7.15. The van der Waals surface area contributed by atoms with E-state index in [-0.39, 0.29) is 0 Å². The van der Waals surface area contributed by atoms with Crippen LogP contribution in [0.4, 0.5) is 0 Å². The van der Waals surface area contributed by atoms with Gasteiger partial charge in [-0.05, 0) is 53.6 Å². The Bertz CT molecular complexity index is 1380. The molecule has 0 radical (unpaired) electrons. The Labute approximate surface area is 182 Å². The van der Waals surface area contributed by atoms with Gasteiger partial charge in [0.25, 0.3) is 0 Å². The molecule has 0 atom stereocenters. The summed E-state index contributed by atoms with van der Waals surface area (Å²) in [4.78, 5) is 10.7. The van der Waals surface area contributed by atoms with Crippen LogP contribution in [0.1, 0.15) is 5.69 Å². The first-order valence-electron chi connectivity index (χ1n) is 10.3. The van der Waals surface area contributed by atoms with E-state index in [4.69, 9.17) is 9.97 Å². The standard InChI is InChI=1S/C26H24N2SSi/c1-17-10-12-20-22-14-19(11-13-24(22)29-26(20)28-17)23-15-21(18-8-6-5-7-9-18)25(16-27-23)30(2,3)4/h5-16H,1-4H3. The van der Waals surface area contributed by atoms with Crippen LogP contribution in [0.5, 0.6) is 0 Å². The number of rotatable bonds is 3. The summed E-state index contributed by atoms with van der Waals surface area (Å²) in [6, 6.07) is 23.9. The van der Waals surface area contributed by atoms with E-state index in [1.54, 1.807) is 11.3 Å². The van der Waals surface area contributed by atoms with Gasteiger partial charge in [-0.3, -0.25) is 4.98 Å². The van der Waals surface area contributed by atoms with Crippen molar-refractivity contribution in [3.8, 4) is 22.4 Å². The van der Waals surface area contributed by atoms with Crippen molar-refractivity contribution in [2.45, 2.75) is 26.6 Å². The Kier molecular flexibility index (Phi) is 4.57. The van der Waals surface area contributed by atoms with Crippen molar-refractivity contribution in [2.75, 3.05) is 0 Å². The topological polar surface area (TPSA) is 25.8 Å². The van der Waals surface area contributed by atoms with Crippen molar-refractivity contribution in [1.29, 1.82) is 0 Å². The molecule has 148 valence electrons. The highest BCUT2D eigenvalue weighted by atomic mass is 32.1. The number of pyridine rings is 2. The lowest BCUT2D eigenvalue weighted by Gasteiger charge is -2.21. The van der Waals surface area contributed by atoms with E-state index in [2.05, 4.69) is 92.6 Å². The predicted octanol–water partition coefficient (Wildman–Crippen LogP) is 7.03. The second-order valence-corrected chi connectivity index (χ2v) is 14.9. The summed E-state index contributed by atoms with van der Waals surface area (Å²) in [6.45, 7) is 9.20. The van der Waals surface area contributed by atoms with E-state index < -0.39 is 8.07 Å². The molecule has 2 nitrogen and oxygen atoms in total. The molecule has 0 fully saturated rings. The fraction of sp³-hybridized carbons (Fsp3) is 0.154. The van der Waals surface area contributed by atoms with E-state index in [1.165, 1.54) is 31.8 Å². The molecule has 30 heavy (non-hydrogen) atoms. The molecule has 0 aliphatic heterocycles. The minimum absolute atomic E-state index is 1.03. The average Bonchev–Trinajstić information content (AvgIpc) is 3.10. The Morgan fingerprint density at radius 1 is 0.800 bits per heavy atom. The maximum absolute atomic E-state index is 4.91. The first-order valence-corrected chi connectivity index (χ1v) is 14.6. The SMILES string of the molecule is Cc1ccc2c(n1)sc1ccc(-c3cc(-c4ccccc4)c([Si](C)(C)C)cn3)cc12. The van der Waals surface area contributed by atoms with E-state index >= 15 is 0 Å². The number of nitrogens with zero attached hydrogens (tertiary/aromatic N) is 2. The van der Waals surface area contributed by atoms with Crippen molar-refractivity contribution in [3.05, 3.63) is 78.6 Å². The van der Waals surface area contributed by atoms with Crippen LogP contribution in [0.25, 0.3) is 42.7 Å². The quantitative estimate of drug-likeness (QED) is 0.290. The molecule has 0 aliphatic rings. The van der Waals surface area contributed by atoms with Crippen LogP contribution in [-0.4, -0.2) is 18.0 Å². The number of hydrogen-bond donors (Lipinski definition) is 0. The molecule has 3 heterocycles. The fourth-order valence-electron chi connectivity index (χ4n) is 3.98. The first-order chi connectivity index (χ1) is 14.4. The molecule has 0 aliphatic carbocycles. The Balaban J connectivity index is 1.70. The smallest absolute Gasteiger partial charge is 0.124 e. The van der Waals surface area contributed by atoms with Crippen molar-refractivity contribution >= 4 is 44.9 Å². The molecule has 0 bridgehead atoms. The number of benzene rings is 2. The average molecular weight is 425 g/mol. The zero-order chi connectivity index (χ0) is 20.9. The van der Waals surface area contributed by atoms with Crippen LogP contribution in [0.3, 0.4) is 0 Å². The summed E-state index contributed by atoms with van der Waals surface area (Å²) in [5.41, 5.74) is 5.82. The van der Waals surface area contributed by atoms with Crippen LogP contribution in [-0.2, 0) is 0 Å². The zero-order valence-corrected chi connectivity index (χ0v) is 19.5. The number of aryl methyl sites for hydroxylation is 1. The number of thiophene rings is 1. The Hall–Kier alpha value is -2.82. The molecule has 4 heteroatoms. The summed E-state index contributed by atoms with van der Waals surface area (Å²) in [7, 11) is -1.53. The summed E-state index contributed by atoms with van der Waals surface area (Å²) in [6.07, 6.45) is 2.12. The molecule has 0 saturated heterocycles. The van der Waals surface area contributed by atoms with Gasteiger partial charge in [0.15, 0.2) is 0 Å². The largest absolute Gasteiger partial charge is 0.256 e. The third-order valence-electron chi connectivity index (χ3n) is 5.57. The molecule has 0 spiro atoms. The van der Waals surface area contributed by atoms with Gasteiger partial charge < -0.3 is 0 Å². The van der Waals surface area contributed by atoms with Crippen LogP contribution in [0.2, 0.25) is 19.6 Å². The van der Waals surface area contributed by atoms with Gasteiger partial charge in [-0.2, -0.15) is 0 Å². The van der Waals surface area contributed by atoms with Crippen LogP contribution >= 0.6 is 11.3 Å². The van der Waals surface area contributed by atoms with E-state index in [9.17, 15) is 0 Å². The highest BCUT2D eigenvalue weighted by molar-refractivity contribution is 7.25. The maximum Gasteiger partial charge on any atom is 0.124 e. The molecular weight excluding hydrogens is 400 g/mol. The van der Waals surface area contributed by atoms with Gasteiger partial charge >= 0.3 is 0 Å². The molecule has 0 N–H and O–H groups in total. The van der Waals surface area contributed by atoms with Crippen molar-refractivity contribution < 1.29 is 0 Å². The highest BCUT2D eigenvalue weighted by Crippen LogP contribution is 2.35. The zero-order valence-electron chi connectivity index (χ0n) is 17.7. The van der Waals surface area contributed by atoms with E-state index in [0.717, 1.165) is 21.8 Å². The Morgan fingerprint density at radius 2 is 1.60 bits per heavy atom. The first kappa shape index (κ1) is 19.2. The minimum Gasteiger partial charge on any atom is -0.256 e. The predicted molar refractivity (Wildman–Crippen MR) is 134 cm³/mol. The van der Waals surface area contributed by atoms with Crippen molar-refractivity contribution in [1.82, 2.24) is 9.97 Å². The molecule has 5 aromatic rings. The van der Waals surface area contributed by atoms with Crippen LogP contribution in [0, 0.1) is 6.92 Å². The van der Waals surface area contributed by atoms with Crippen LogP contribution in [0.15, 0.2) is 72.9 Å². The van der Waals surface area contributed by atoms with E-state index in [0.29, 0.717) is 0 Å². The molecule has 3 aromatic heterocycles. The number of aromatic nitrogens is 2. The molecule has 0 amide bonds.